The lowest BCUT2D eigenvalue weighted by atomic mass is 9.94. The van der Waals surface area contributed by atoms with Gasteiger partial charge in [0.05, 0.1) is 24.6 Å². The van der Waals surface area contributed by atoms with E-state index in [4.69, 9.17) is 10.5 Å². The zero-order chi connectivity index (χ0) is 14.5. The van der Waals surface area contributed by atoms with Crippen LogP contribution in [0, 0.1) is 0 Å². The van der Waals surface area contributed by atoms with Crippen molar-refractivity contribution in [2.45, 2.75) is 45.1 Å². The summed E-state index contributed by atoms with van der Waals surface area (Å²) in [4.78, 5) is 18.4. The molecule has 5 nitrogen and oxygen atoms in total. The number of methoxy groups -OCH3 is 1. The number of pyridine rings is 1. The first kappa shape index (κ1) is 14.6. The third-order valence-electron chi connectivity index (χ3n) is 3.98. The van der Waals surface area contributed by atoms with Crippen LogP contribution in [0.1, 0.15) is 49.4 Å². The topological polar surface area (TPSA) is 68.5 Å². The van der Waals surface area contributed by atoms with Crippen LogP contribution < -0.4 is 10.6 Å². The molecule has 1 fully saturated rings. The highest BCUT2D eigenvalue weighted by Crippen LogP contribution is 2.27. The molecule has 1 aliphatic rings. The quantitative estimate of drug-likeness (QED) is 0.857. The summed E-state index contributed by atoms with van der Waals surface area (Å²) in [6.07, 6.45) is 7.77. The summed E-state index contributed by atoms with van der Waals surface area (Å²) in [6.45, 7) is 2.99. The number of nitrogen functional groups attached to an aromatic ring is 1. The van der Waals surface area contributed by atoms with Gasteiger partial charge in [-0.3, -0.25) is 0 Å². The van der Waals surface area contributed by atoms with Gasteiger partial charge in [-0.05, 0) is 25.8 Å². The fourth-order valence-corrected chi connectivity index (χ4v) is 2.90. The van der Waals surface area contributed by atoms with Gasteiger partial charge in [0.25, 0.3) is 0 Å². The second kappa shape index (κ2) is 6.59. The van der Waals surface area contributed by atoms with Gasteiger partial charge in [0, 0.05) is 12.6 Å². The Morgan fingerprint density at radius 3 is 2.75 bits per heavy atom. The van der Waals surface area contributed by atoms with Crippen molar-refractivity contribution < 1.29 is 9.53 Å². The lowest BCUT2D eigenvalue weighted by Crippen LogP contribution is -2.37. The Labute approximate surface area is 120 Å². The summed E-state index contributed by atoms with van der Waals surface area (Å²) in [5, 5.41) is 0. The smallest absolute Gasteiger partial charge is 0.340 e. The summed E-state index contributed by atoms with van der Waals surface area (Å²) in [5.74, 6) is 0.403. The molecule has 0 unspecified atom stereocenters. The summed E-state index contributed by atoms with van der Waals surface area (Å²) in [5.41, 5.74) is 6.56. The minimum Gasteiger partial charge on any atom is -0.465 e. The SMILES string of the molecule is CCN(c1cc(C(=O)OC)c(N)cn1)C1CCCCC1. The highest BCUT2D eigenvalue weighted by Gasteiger charge is 2.22. The van der Waals surface area contributed by atoms with Crippen LogP contribution in [0.15, 0.2) is 12.3 Å². The van der Waals surface area contributed by atoms with Crippen molar-refractivity contribution in [3.8, 4) is 0 Å². The van der Waals surface area contributed by atoms with Gasteiger partial charge in [0.1, 0.15) is 5.82 Å². The molecule has 5 heteroatoms. The minimum atomic E-state index is -0.411. The normalized spacial score (nSPS) is 15.9. The Hall–Kier alpha value is -1.78. The molecule has 0 aliphatic heterocycles. The number of rotatable bonds is 4. The molecule has 0 bridgehead atoms. The number of nitrogens with two attached hydrogens (primary N) is 1. The van der Waals surface area contributed by atoms with Gasteiger partial charge in [-0.25, -0.2) is 9.78 Å². The van der Waals surface area contributed by atoms with E-state index in [-0.39, 0.29) is 0 Å². The number of carbonyl (C=O) groups is 1. The number of hydrogen-bond acceptors (Lipinski definition) is 5. The van der Waals surface area contributed by atoms with Crippen molar-refractivity contribution in [3.63, 3.8) is 0 Å². The van der Waals surface area contributed by atoms with Crippen LogP contribution in [0.25, 0.3) is 0 Å². The van der Waals surface area contributed by atoms with Gasteiger partial charge >= 0.3 is 5.97 Å². The Balaban J connectivity index is 2.27. The molecule has 2 N–H and O–H groups in total. The van der Waals surface area contributed by atoms with E-state index in [2.05, 4.69) is 16.8 Å². The number of anilines is 2. The fraction of sp³-hybridized carbons (Fsp3) is 0.600. The predicted octanol–water partition coefficient (Wildman–Crippen LogP) is 2.61. The maximum atomic E-state index is 11.7. The number of hydrogen-bond donors (Lipinski definition) is 1. The lowest BCUT2D eigenvalue weighted by molar-refractivity contribution is 0.0602. The van der Waals surface area contributed by atoms with Crippen molar-refractivity contribution in [2.75, 3.05) is 24.3 Å². The van der Waals surface area contributed by atoms with Gasteiger partial charge < -0.3 is 15.4 Å². The van der Waals surface area contributed by atoms with E-state index < -0.39 is 5.97 Å². The highest BCUT2D eigenvalue weighted by molar-refractivity contribution is 5.95. The molecule has 1 aliphatic carbocycles. The molecule has 0 radical (unpaired) electrons. The zero-order valence-electron chi connectivity index (χ0n) is 12.3. The Morgan fingerprint density at radius 1 is 1.45 bits per heavy atom. The van der Waals surface area contributed by atoms with E-state index in [1.807, 2.05) is 0 Å². The standard InChI is InChI=1S/C15H23N3O2/c1-3-18(11-7-5-4-6-8-11)14-9-12(15(19)20-2)13(16)10-17-14/h9-11H,3-8,16H2,1-2H3. The monoisotopic (exact) mass is 277 g/mol. The van der Waals surface area contributed by atoms with Crippen LogP contribution in [0.3, 0.4) is 0 Å². The molecule has 0 saturated heterocycles. The molecule has 1 aromatic heterocycles. The summed E-state index contributed by atoms with van der Waals surface area (Å²) in [7, 11) is 1.36. The number of aromatic nitrogens is 1. The van der Waals surface area contributed by atoms with Gasteiger partial charge in [0.2, 0.25) is 0 Å². The maximum absolute atomic E-state index is 11.7. The third kappa shape index (κ3) is 3.03. The summed E-state index contributed by atoms with van der Waals surface area (Å²) < 4.78 is 4.77. The molecule has 1 heterocycles. The van der Waals surface area contributed by atoms with Crippen molar-refractivity contribution in [1.29, 1.82) is 0 Å². The minimum absolute atomic E-state index is 0.361. The first-order valence-corrected chi connectivity index (χ1v) is 7.27. The van der Waals surface area contributed by atoms with Gasteiger partial charge in [-0.15, -0.1) is 0 Å². The van der Waals surface area contributed by atoms with E-state index in [1.54, 1.807) is 12.3 Å². The van der Waals surface area contributed by atoms with E-state index >= 15 is 0 Å². The summed E-state index contributed by atoms with van der Waals surface area (Å²) in [6, 6.07) is 2.26. The van der Waals surface area contributed by atoms with Crippen molar-refractivity contribution in [1.82, 2.24) is 4.98 Å². The molecular formula is C15H23N3O2. The zero-order valence-corrected chi connectivity index (χ0v) is 12.3. The van der Waals surface area contributed by atoms with Crippen LogP contribution in [0.2, 0.25) is 0 Å². The Morgan fingerprint density at radius 2 is 2.15 bits per heavy atom. The largest absolute Gasteiger partial charge is 0.465 e. The molecule has 0 atom stereocenters. The Bertz CT molecular complexity index is 470. The van der Waals surface area contributed by atoms with E-state index in [0.717, 1.165) is 12.4 Å². The highest BCUT2D eigenvalue weighted by atomic mass is 16.5. The second-order valence-corrected chi connectivity index (χ2v) is 5.20. The van der Waals surface area contributed by atoms with Crippen molar-refractivity contribution in [3.05, 3.63) is 17.8 Å². The van der Waals surface area contributed by atoms with Gasteiger partial charge in [-0.2, -0.15) is 0 Å². The summed E-state index contributed by atoms with van der Waals surface area (Å²) >= 11 is 0. The molecule has 20 heavy (non-hydrogen) atoms. The van der Waals surface area contributed by atoms with Gasteiger partial charge in [-0.1, -0.05) is 19.3 Å². The molecule has 110 valence electrons. The molecular weight excluding hydrogens is 254 g/mol. The van der Waals surface area contributed by atoms with Crippen LogP contribution in [-0.2, 0) is 4.74 Å². The molecule has 0 amide bonds. The average Bonchev–Trinajstić information content (AvgIpc) is 2.50. The predicted molar refractivity (Wildman–Crippen MR) is 79.9 cm³/mol. The number of nitrogens with zero attached hydrogens (tertiary/aromatic N) is 2. The fourth-order valence-electron chi connectivity index (χ4n) is 2.90. The van der Waals surface area contributed by atoms with E-state index in [0.29, 0.717) is 17.3 Å². The van der Waals surface area contributed by atoms with Crippen LogP contribution >= 0.6 is 0 Å². The van der Waals surface area contributed by atoms with Crippen molar-refractivity contribution >= 4 is 17.5 Å². The first-order valence-electron chi connectivity index (χ1n) is 7.27. The third-order valence-corrected chi connectivity index (χ3v) is 3.98. The molecule has 2 rings (SSSR count). The molecule has 1 saturated carbocycles. The van der Waals surface area contributed by atoms with Crippen molar-refractivity contribution in [2.24, 2.45) is 0 Å². The first-order chi connectivity index (χ1) is 9.67. The molecule has 0 aromatic carbocycles. The van der Waals surface area contributed by atoms with Crippen LogP contribution in [0.4, 0.5) is 11.5 Å². The van der Waals surface area contributed by atoms with Crippen LogP contribution in [0.5, 0.6) is 0 Å². The van der Waals surface area contributed by atoms with E-state index in [1.165, 1.54) is 39.2 Å². The van der Waals surface area contributed by atoms with Crippen LogP contribution in [-0.4, -0.2) is 30.6 Å². The Kier molecular flexibility index (Phi) is 4.82. The second-order valence-electron chi connectivity index (χ2n) is 5.20. The number of ether oxygens (including phenoxy) is 1. The number of esters is 1. The molecule has 1 aromatic rings. The van der Waals surface area contributed by atoms with E-state index in [9.17, 15) is 4.79 Å². The molecule has 0 spiro atoms. The lowest BCUT2D eigenvalue weighted by Gasteiger charge is -2.34. The number of carbonyl (C=O) groups excluding carboxylic acids is 1. The maximum Gasteiger partial charge on any atom is 0.340 e. The average molecular weight is 277 g/mol. The van der Waals surface area contributed by atoms with Gasteiger partial charge in [0.15, 0.2) is 0 Å².